The number of urea groups is 1. The third-order valence-electron chi connectivity index (χ3n) is 3.47. The van der Waals surface area contributed by atoms with E-state index in [1.165, 1.54) is 18.2 Å². The molecule has 0 bridgehead atoms. The molecule has 126 valence electrons. The molecule has 0 unspecified atom stereocenters. The van der Waals surface area contributed by atoms with Crippen molar-refractivity contribution in [2.45, 2.75) is 25.4 Å². The number of hydrogen-bond acceptors (Lipinski definition) is 4. The number of hydrogen-bond donors (Lipinski definition) is 2. The molecule has 0 radical (unpaired) electrons. The number of aryl methyl sites for hydroxylation is 1. The second-order valence-electron chi connectivity index (χ2n) is 5.19. The van der Waals surface area contributed by atoms with Crippen LogP contribution in [0.1, 0.15) is 33.8 Å². The summed E-state index contributed by atoms with van der Waals surface area (Å²) in [7, 11) is 0. The van der Waals surface area contributed by atoms with E-state index in [0.717, 1.165) is 17.4 Å². The first kappa shape index (κ1) is 16.4. The predicted molar refractivity (Wildman–Crippen MR) is 83.5 cm³/mol. The van der Waals surface area contributed by atoms with Crippen molar-refractivity contribution in [1.29, 1.82) is 0 Å². The molecule has 1 aliphatic rings. The molecule has 1 heterocycles. The minimum atomic E-state index is -4.57. The van der Waals surface area contributed by atoms with Gasteiger partial charge in [-0.3, -0.25) is 10.1 Å². The Bertz CT molecular complexity index is 802. The highest BCUT2D eigenvalue weighted by molar-refractivity contribution is 7.17. The quantitative estimate of drug-likeness (QED) is 0.842. The highest BCUT2D eigenvalue weighted by Gasteiger charge is 2.33. The van der Waals surface area contributed by atoms with Crippen LogP contribution in [0.15, 0.2) is 24.3 Å². The van der Waals surface area contributed by atoms with Crippen molar-refractivity contribution in [1.82, 2.24) is 4.98 Å². The molecule has 9 heteroatoms. The van der Waals surface area contributed by atoms with Crippen molar-refractivity contribution in [3.63, 3.8) is 0 Å². The molecule has 0 saturated carbocycles. The van der Waals surface area contributed by atoms with Crippen LogP contribution < -0.4 is 10.6 Å². The van der Waals surface area contributed by atoms with E-state index in [9.17, 15) is 22.8 Å². The molecule has 1 aliphatic carbocycles. The summed E-state index contributed by atoms with van der Waals surface area (Å²) in [6.07, 6.45) is -2.77. The molecule has 2 amide bonds. The molecule has 0 spiro atoms. The smallest absolute Gasteiger partial charge is 0.307 e. The molecule has 3 rings (SSSR count). The van der Waals surface area contributed by atoms with Gasteiger partial charge in [0.05, 0.1) is 21.8 Å². The lowest BCUT2D eigenvalue weighted by Crippen LogP contribution is -2.21. The Hall–Kier alpha value is -2.42. The van der Waals surface area contributed by atoms with Crippen LogP contribution in [0.4, 0.5) is 28.8 Å². The number of halogens is 3. The first-order valence-electron chi connectivity index (χ1n) is 7.12. The number of alkyl halides is 3. The number of ketones is 1. The summed E-state index contributed by atoms with van der Waals surface area (Å²) in [5, 5.41) is 4.75. The van der Waals surface area contributed by atoms with Gasteiger partial charge in [-0.1, -0.05) is 23.5 Å². The molecule has 2 N–H and O–H groups in total. The Kier molecular flexibility index (Phi) is 4.27. The third kappa shape index (κ3) is 3.40. The molecule has 24 heavy (non-hydrogen) atoms. The molecule has 1 aromatic carbocycles. The van der Waals surface area contributed by atoms with E-state index in [-0.39, 0.29) is 16.6 Å². The van der Waals surface area contributed by atoms with Gasteiger partial charge < -0.3 is 5.32 Å². The highest BCUT2D eigenvalue weighted by atomic mass is 32.1. The number of Topliss-reactive ketones (excluding diaryl/α,β-unsaturated/α-hetero) is 1. The topological polar surface area (TPSA) is 71.1 Å². The van der Waals surface area contributed by atoms with Crippen LogP contribution in [0.2, 0.25) is 0 Å². The van der Waals surface area contributed by atoms with Crippen molar-refractivity contribution >= 4 is 34.0 Å². The standard InChI is InChI=1S/C15H12F3N3O2S/c16-15(17,18)8-4-1-2-5-9(8)19-13(23)21-14-20-10-6-3-7-11(22)12(10)24-14/h1-2,4-5H,3,6-7H2,(H2,19,20,21,23). The monoisotopic (exact) mass is 355 g/mol. The molecule has 5 nitrogen and oxygen atoms in total. The fourth-order valence-corrected chi connectivity index (χ4v) is 3.39. The van der Waals surface area contributed by atoms with Crippen LogP contribution in [-0.4, -0.2) is 16.8 Å². The number of thiazole rings is 1. The molecule has 2 aromatic rings. The summed E-state index contributed by atoms with van der Waals surface area (Å²) in [6, 6.07) is 3.85. The lowest BCUT2D eigenvalue weighted by atomic mass is 10.0. The van der Waals surface area contributed by atoms with Gasteiger partial charge in [-0.25, -0.2) is 9.78 Å². The fourth-order valence-electron chi connectivity index (χ4n) is 2.41. The summed E-state index contributed by atoms with van der Waals surface area (Å²) >= 11 is 1.04. The number of nitrogens with one attached hydrogen (secondary N) is 2. The maximum atomic E-state index is 12.9. The van der Waals surface area contributed by atoms with Gasteiger partial charge in [-0.2, -0.15) is 13.2 Å². The van der Waals surface area contributed by atoms with Crippen LogP contribution >= 0.6 is 11.3 Å². The van der Waals surface area contributed by atoms with E-state index in [1.807, 2.05) is 0 Å². The Morgan fingerprint density at radius 2 is 1.92 bits per heavy atom. The zero-order chi connectivity index (χ0) is 17.3. The number of amides is 2. The average Bonchev–Trinajstić information content (AvgIpc) is 2.90. The molecule has 1 aromatic heterocycles. The van der Waals surface area contributed by atoms with Gasteiger partial charge in [0.25, 0.3) is 0 Å². The van der Waals surface area contributed by atoms with E-state index in [1.54, 1.807) is 0 Å². The fraction of sp³-hybridized carbons (Fsp3) is 0.267. The minimum Gasteiger partial charge on any atom is -0.307 e. The summed E-state index contributed by atoms with van der Waals surface area (Å²) < 4.78 is 38.7. The van der Waals surface area contributed by atoms with Gasteiger partial charge in [-0.15, -0.1) is 0 Å². The largest absolute Gasteiger partial charge is 0.418 e. The van der Waals surface area contributed by atoms with Crippen molar-refractivity contribution in [3.8, 4) is 0 Å². The van der Waals surface area contributed by atoms with E-state index in [0.29, 0.717) is 29.8 Å². The molecule has 0 fully saturated rings. The maximum absolute atomic E-state index is 12.9. The van der Waals surface area contributed by atoms with E-state index in [4.69, 9.17) is 0 Å². The summed E-state index contributed by atoms with van der Waals surface area (Å²) in [4.78, 5) is 28.4. The van der Waals surface area contributed by atoms with Crippen molar-refractivity contribution in [3.05, 3.63) is 40.4 Å². The van der Waals surface area contributed by atoms with Crippen LogP contribution in [0.3, 0.4) is 0 Å². The Morgan fingerprint density at radius 3 is 2.62 bits per heavy atom. The zero-order valence-corrected chi connectivity index (χ0v) is 13.1. The van der Waals surface area contributed by atoms with Crippen LogP contribution in [0, 0.1) is 0 Å². The molecule has 0 saturated heterocycles. The SMILES string of the molecule is O=C(Nc1nc2c(s1)C(=O)CCC2)Nc1ccccc1C(F)(F)F. The molecular formula is C15H12F3N3O2S. The highest BCUT2D eigenvalue weighted by Crippen LogP contribution is 2.35. The van der Waals surface area contributed by atoms with Crippen molar-refractivity contribution in [2.24, 2.45) is 0 Å². The molecule has 0 aliphatic heterocycles. The van der Waals surface area contributed by atoms with Gasteiger partial charge in [0.1, 0.15) is 0 Å². The lowest BCUT2D eigenvalue weighted by Gasteiger charge is -2.13. The van der Waals surface area contributed by atoms with Crippen LogP contribution in [0.25, 0.3) is 0 Å². The van der Waals surface area contributed by atoms with Crippen molar-refractivity contribution in [2.75, 3.05) is 10.6 Å². The van der Waals surface area contributed by atoms with E-state index in [2.05, 4.69) is 15.6 Å². The first-order valence-corrected chi connectivity index (χ1v) is 7.93. The third-order valence-corrected chi connectivity index (χ3v) is 4.52. The van der Waals surface area contributed by atoms with E-state index < -0.39 is 17.8 Å². The van der Waals surface area contributed by atoms with Crippen LogP contribution in [-0.2, 0) is 12.6 Å². The van der Waals surface area contributed by atoms with E-state index >= 15 is 0 Å². The number of anilines is 2. The number of carbonyl (C=O) groups is 2. The number of rotatable bonds is 2. The first-order chi connectivity index (χ1) is 11.3. The Labute approximate surface area is 138 Å². The summed E-state index contributed by atoms with van der Waals surface area (Å²) in [6.45, 7) is 0. The lowest BCUT2D eigenvalue weighted by molar-refractivity contribution is -0.136. The summed E-state index contributed by atoms with van der Waals surface area (Å²) in [5.74, 6) is -0.0235. The number of carbonyl (C=O) groups excluding carboxylic acids is 2. The number of para-hydroxylation sites is 1. The van der Waals surface area contributed by atoms with Gasteiger partial charge in [0, 0.05) is 6.42 Å². The Morgan fingerprint density at radius 1 is 1.17 bits per heavy atom. The van der Waals surface area contributed by atoms with Gasteiger partial charge in [0.15, 0.2) is 10.9 Å². The number of nitrogens with zero attached hydrogens (tertiary/aromatic N) is 1. The number of benzene rings is 1. The zero-order valence-electron chi connectivity index (χ0n) is 12.2. The second-order valence-corrected chi connectivity index (χ2v) is 6.19. The van der Waals surface area contributed by atoms with Gasteiger partial charge >= 0.3 is 12.2 Å². The molecule has 0 atom stereocenters. The van der Waals surface area contributed by atoms with Gasteiger partial charge in [0.2, 0.25) is 0 Å². The molecular weight excluding hydrogens is 343 g/mol. The Balaban J connectivity index is 1.74. The number of fused-ring (bicyclic) bond motifs is 1. The predicted octanol–water partition coefficient (Wildman–Crippen LogP) is 4.32. The van der Waals surface area contributed by atoms with Crippen LogP contribution in [0.5, 0.6) is 0 Å². The average molecular weight is 355 g/mol. The minimum absolute atomic E-state index is 0.0235. The number of aromatic nitrogens is 1. The van der Waals surface area contributed by atoms with Crippen molar-refractivity contribution < 1.29 is 22.8 Å². The maximum Gasteiger partial charge on any atom is 0.418 e. The second kappa shape index (κ2) is 6.23. The summed E-state index contributed by atoms with van der Waals surface area (Å²) in [5.41, 5.74) is -0.657. The van der Waals surface area contributed by atoms with Gasteiger partial charge in [-0.05, 0) is 25.0 Å². The normalized spacial score (nSPS) is 14.2.